The number of carbonyl (C=O) groups excluding carboxylic acids is 1. The van der Waals surface area contributed by atoms with Crippen molar-refractivity contribution in [2.45, 2.75) is 13.5 Å². The molecule has 0 radical (unpaired) electrons. The lowest BCUT2D eigenvalue weighted by atomic mass is 10.1. The van der Waals surface area contributed by atoms with Crippen LogP contribution in [0.5, 0.6) is 0 Å². The van der Waals surface area contributed by atoms with Gasteiger partial charge in [0.1, 0.15) is 0 Å². The third kappa shape index (κ3) is 3.80. The van der Waals surface area contributed by atoms with Crippen LogP contribution in [0.2, 0.25) is 0 Å². The van der Waals surface area contributed by atoms with E-state index in [2.05, 4.69) is 5.32 Å². The van der Waals surface area contributed by atoms with Gasteiger partial charge in [-0.25, -0.2) is 0 Å². The Labute approximate surface area is 118 Å². The minimum Gasteiger partial charge on any atom is -0.392 e. The molecule has 0 unspecified atom stereocenters. The Balaban J connectivity index is 2.06. The number of para-hydroxylation sites is 1. The molecular weight excluding hydrogens is 250 g/mol. The molecule has 0 aliphatic carbocycles. The van der Waals surface area contributed by atoms with Gasteiger partial charge in [0.05, 0.1) is 6.61 Å². The highest BCUT2D eigenvalue weighted by Crippen LogP contribution is 2.14. The van der Waals surface area contributed by atoms with Crippen molar-refractivity contribution in [1.29, 1.82) is 0 Å². The van der Waals surface area contributed by atoms with Crippen molar-refractivity contribution >= 4 is 17.7 Å². The summed E-state index contributed by atoms with van der Waals surface area (Å²) in [5.41, 5.74) is 3.47. The third-order valence-corrected chi connectivity index (χ3v) is 2.91. The number of aliphatic hydroxyl groups excluding tert-OH is 1. The summed E-state index contributed by atoms with van der Waals surface area (Å²) in [7, 11) is 0. The van der Waals surface area contributed by atoms with Crippen molar-refractivity contribution in [3.63, 3.8) is 0 Å². The molecule has 0 aromatic heterocycles. The van der Waals surface area contributed by atoms with Gasteiger partial charge in [0, 0.05) is 17.3 Å². The number of hydrogen-bond acceptors (Lipinski definition) is 2. The van der Waals surface area contributed by atoms with E-state index in [0.717, 1.165) is 11.1 Å². The molecule has 1 amide bonds. The minimum atomic E-state index is -0.215. The summed E-state index contributed by atoms with van der Waals surface area (Å²) >= 11 is 0. The van der Waals surface area contributed by atoms with Gasteiger partial charge < -0.3 is 10.4 Å². The van der Waals surface area contributed by atoms with E-state index in [0.29, 0.717) is 11.3 Å². The summed E-state index contributed by atoms with van der Waals surface area (Å²) in [6.07, 6.45) is 3.26. The van der Waals surface area contributed by atoms with Crippen molar-refractivity contribution in [3.05, 3.63) is 71.3 Å². The topological polar surface area (TPSA) is 49.3 Å². The van der Waals surface area contributed by atoms with Crippen molar-refractivity contribution in [1.82, 2.24) is 0 Å². The first-order valence-corrected chi connectivity index (χ1v) is 6.43. The van der Waals surface area contributed by atoms with Gasteiger partial charge in [0.25, 0.3) is 0 Å². The van der Waals surface area contributed by atoms with Crippen LogP contribution in [0.3, 0.4) is 0 Å². The lowest BCUT2D eigenvalue weighted by molar-refractivity contribution is -0.111. The molecule has 0 fully saturated rings. The zero-order valence-electron chi connectivity index (χ0n) is 11.3. The Morgan fingerprint density at radius 3 is 2.75 bits per heavy atom. The zero-order chi connectivity index (χ0) is 14.4. The average Bonchev–Trinajstić information content (AvgIpc) is 2.46. The minimum absolute atomic E-state index is 0.0992. The van der Waals surface area contributed by atoms with E-state index in [1.165, 1.54) is 6.08 Å². The van der Waals surface area contributed by atoms with E-state index in [9.17, 15) is 9.90 Å². The highest BCUT2D eigenvalue weighted by atomic mass is 16.3. The smallest absolute Gasteiger partial charge is 0.248 e. The molecule has 2 aromatic rings. The quantitative estimate of drug-likeness (QED) is 0.836. The molecule has 0 atom stereocenters. The van der Waals surface area contributed by atoms with E-state index in [-0.39, 0.29) is 12.5 Å². The first kappa shape index (κ1) is 14.0. The fourth-order valence-corrected chi connectivity index (χ4v) is 1.90. The maximum absolute atomic E-state index is 11.9. The van der Waals surface area contributed by atoms with Crippen molar-refractivity contribution in [3.8, 4) is 0 Å². The van der Waals surface area contributed by atoms with Crippen LogP contribution in [-0.4, -0.2) is 11.0 Å². The number of anilines is 1. The summed E-state index contributed by atoms with van der Waals surface area (Å²) in [6.45, 7) is 1.91. The molecule has 0 spiro atoms. The van der Waals surface area contributed by atoms with Crippen LogP contribution in [0.15, 0.2) is 54.6 Å². The van der Waals surface area contributed by atoms with E-state index in [1.807, 2.05) is 43.3 Å². The molecule has 0 aliphatic heterocycles. The summed E-state index contributed by atoms with van der Waals surface area (Å²) in [5, 5.41) is 12.0. The number of benzene rings is 2. The van der Waals surface area contributed by atoms with E-state index in [4.69, 9.17) is 0 Å². The molecule has 0 saturated carbocycles. The Hall–Kier alpha value is -2.39. The van der Waals surface area contributed by atoms with Gasteiger partial charge in [0.15, 0.2) is 0 Å². The molecule has 0 saturated heterocycles. The highest BCUT2D eigenvalue weighted by molar-refractivity contribution is 6.02. The van der Waals surface area contributed by atoms with Gasteiger partial charge >= 0.3 is 0 Å². The lowest BCUT2D eigenvalue weighted by Gasteiger charge is -2.07. The number of rotatable bonds is 4. The van der Waals surface area contributed by atoms with E-state index in [1.54, 1.807) is 18.2 Å². The predicted octanol–water partition coefficient (Wildman–Crippen LogP) is 3.14. The van der Waals surface area contributed by atoms with Crippen LogP contribution in [-0.2, 0) is 11.4 Å². The van der Waals surface area contributed by atoms with Gasteiger partial charge in [-0.3, -0.25) is 4.79 Å². The number of carbonyl (C=O) groups is 1. The van der Waals surface area contributed by atoms with E-state index >= 15 is 0 Å². The van der Waals surface area contributed by atoms with E-state index < -0.39 is 0 Å². The first-order chi connectivity index (χ1) is 9.69. The molecule has 2 rings (SSSR count). The van der Waals surface area contributed by atoms with Crippen molar-refractivity contribution in [2.75, 3.05) is 5.32 Å². The van der Waals surface area contributed by atoms with Crippen molar-refractivity contribution in [2.24, 2.45) is 0 Å². The number of aryl methyl sites for hydroxylation is 1. The van der Waals surface area contributed by atoms with Gasteiger partial charge in [-0.2, -0.15) is 0 Å². The Morgan fingerprint density at radius 1 is 1.20 bits per heavy atom. The monoisotopic (exact) mass is 267 g/mol. The molecular formula is C17H17NO2. The van der Waals surface area contributed by atoms with Gasteiger partial charge in [-0.1, -0.05) is 48.0 Å². The summed E-state index contributed by atoms with van der Waals surface area (Å²) in [5.74, 6) is -0.215. The van der Waals surface area contributed by atoms with Crippen LogP contribution in [0.25, 0.3) is 6.08 Å². The number of amides is 1. The fourth-order valence-electron chi connectivity index (χ4n) is 1.90. The SMILES string of the molecule is Cc1cccc(C=CC(=O)Nc2ccccc2CO)c1. The second kappa shape index (κ2) is 6.68. The molecule has 102 valence electrons. The fraction of sp³-hybridized carbons (Fsp3) is 0.118. The van der Waals surface area contributed by atoms with Crippen molar-refractivity contribution < 1.29 is 9.90 Å². The van der Waals surface area contributed by atoms with Crippen LogP contribution in [0.4, 0.5) is 5.69 Å². The second-order valence-electron chi connectivity index (χ2n) is 4.55. The number of hydrogen-bond donors (Lipinski definition) is 2. The predicted molar refractivity (Wildman–Crippen MR) is 81.2 cm³/mol. The van der Waals surface area contributed by atoms with Crippen LogP contribution in [0, 0.1) is 6.92 Å². The Bertz CT molecular complexity index is 632. The molecule has 3 nitrogen and oxygen atoms in total. The van der Waals surface area contributed by atoms with Crippen LogP contribution in [0.1, 0.15) is 16.7 Å². The van der Waals surface area contributed by atoms with Crippen LogP contribution < -0.4 is 5.32 Å². The van der Waals surface area contributed by atoms with Gasteiger partial charge in [-0.15, -0.1) is 0 Å². The molecule has 2 aromatic carbocycles. The molecule has 0 bridgehead atoms. The third-order valence-electron chi connectivity index (χ3n) is 2.91. The Kier molecular flexibility index (Phi) is 4.69. The lowest BCUT2D eigenvalue weighted by Crippen LogP contribution is -2.09. The maximum atomic E-state index is 11.9. The van der Waals surface area contributed by atoms with Crippen LogP contribution >= 0.6 is 0 Å². The number of aliphatic hydroxyl groups is 1. The average molecular weight is 267 g/mol. The van der Waals surface area contributed by atoms with Gasteiger partial charge in [0.2, 0.25) is 5.91 Å². The summed E-state index contributed by atoms with van der Waals surface area (Å²) in [4.78, 5) is 11.9. The second-order valence-corrected chi connectivity index (χ2v) is 4.55. The standard InChI is InChI=1S/C17H17NO2/c1-13-5-4-6-14(11-13)9-10-17(20)18-16-8-3-2-7-15(16)12-19/h2-11,19H,12H2,1H3,(H,18,20). The van der Waals surface area contributed by atoms with Gasteiger partial charge in [-0.05, 0) is 24.6 Å². The Morgan fingerprint density at radius 2 is 2.00 bits per heavy atom. The first-order valence-electron chi connectivity index (χ1n) is 6.43. The molecule has 3 heteroatoms. The summed E-state index contributed by atoms with van der Waals surface area (Å²) < 4.78 is 0. The largest absolute Gasteiger partial charge is 0.392 e. The molecule has 20 heavy (non-hydrogen) atoms. The highest BCUT2D eigenvalue weighted by Gasteiger charge is 2.02. The maximum Gasteiger partial charge on any atom is 0.248 e. The summed E-state index contributed by atoms with van der Waals surface area (Å²) in [6, 6.07) is 15.1. The normalized spacial score (nSPS) is 10.7. The molecule has 2 N–H and O–H groups in total. The molecule has 0 heterocycles. The zero-order valence-corrected chi connectivity index (χ0v) is 11.3. The number of nitrogens with one attached hydrogen (secondary N) is 1. The molecule has 0 aliphatic rings.